The van der Waals surface area contributed by atoms with E-state index >= 15 is 0 Å². The summed E-state index contributed by atoms with van der Waals surface area (Å²) in [6.07, 6.45) is 4.34. The van der Waals surface area contributed by atoms with E-state index in [1.807, 2.05) is 6.92 Å². The number of anilines is 1. The number of fused-ring (bicyclic) bond motifs is 1. The van der Waals surface area contributed by atoms with Gasteiger partial charge in [-0.1, -0.05) is 0 Å². The third-order valence-corrected chi connectivity index (χ3v) is 3.16. The van der Waals surface area contributed by atoms with Gasteiger partial charge in [0.15, 0.2) is 4.77 Å². The fraction of sp³-hybridized carbons (Fsp3) is 0.667. The third kappa shape index (κ3) is 3.26. The quantitative estimate of drug-likeness (QED) is 0.639. The van der Waals surface area contributed by atoms with Gasteiger partial charge in [0.05, 0.1) is 6.61 Å². The molecule has 0 spiro atoms. The van der Waals surface area contributed by atoms with E-state index in [2.05, 4.69) is 15.3 Å². The summed E-state index contributed by atoms with van der Waals surface area (Å²) in [5, 5.41) is 3.36. The zero-order valence-electron chi connectivity index (χ0n) is 10.2. The minimum atomic E-state index is 0.560. The van der Waals surface area contributed by atoms with Gasteiger partial charge in [0.1, 0.15) is 5.82 Å². The van der Waals surface area contributed by atoms with Crippen molar-refractivity contribution >= 4 is 18.0 Å². The molecule has 0 saturated carbocycles. The van der Waals surface area contributed by atoms with Crippen molar-refractivity contribution < 1.29 is 4.74 Å². The smallest absolute Gasteiger partial charge is 0.198 e. The fourth-order valence-corrected chi connectivity index (χ4v) is 2.34. The number of ether oxygens (including phenoxy) is 1. The Morgan fingerprint density at radius 2 is 2.29 bits per heavy atom. The van der Waals surface area contributed by atoms with E-state index in [1.165, 1.54) is 24.1 Å². The molecule has 2 heterocycles. The summed E-state index contributed by atoms with van der Waals surface area (Å²) >= 11 is 5.16. The van der Waals surface area contributed by atoms with Crippen molar-refractivity contribution in [1.29, 1.82) is 0 Å². The molecule has 0 radical (unpaired) electrons. The molecule has 2 rings (SSSR count). The molecule has 0 bridgehead atoms. The van der Waals surface area contributed by atoms with E-state index < -0.39 is 0 Å². The van der Waals surface area contributed by atoms with Crippen LogP contribution >= 0.6 is 12.2 Å². The Hall–Kier alpha value is -0.940. The van der Waals surface area contributed by atoms with Crippen LogP contribution in [0.5, 0.6) is 0 Å². The highest BCUT2D eigenvalue weighted by molar-refractivity contribution is 7.71. The van der Waals surface area contributed by atoms with Gasteiger partial charge in [0.25, 0.3) is 0 Å². The van der Waals surface area contributed by atoms with Gasteiger partial charge < -0.3 is 15.0 Å². The van der Waals surface area contributed by atoms with Gasteiger partial charge in [-0.25, -0.2) is 4.98 Å². The first-order chi connectivity index (χ1) is 8.31. The van der Waals surface area contributed by atoms with Gasteiger partial charge in [0, 0.05) is 30.8 Å². The summed E-state index contributed by atoms with van der Waals surface area (Å²) < 4.78 is 5.96. The molecule has 1 aromatic rings. The van der Waals surface area contributed by atoms with Gasteiger partial charge >= 0.3 is 0 Å². The number of aromatic nitrogens is 2. The van der Waals surface area contributed by atoms with Crippen molar-refractivity contribution in [3.8, 4) is 0 Å². The minimum absolute atomic E-state index is 0.560. The van der Waals surface area contributed by atoms with Crippen LogP contribution in [0.4, 0.5) is 5.82 Å². The van der Waals surface area contributed by atoms with Gasteiger partial charge in [-0.2, -0.15) is 0 Å². The molecule has 0 aliphatic carbocycles. The Morgan fingerprint density at radius 1 is 1.41 bits per heavy atom. The van der Waals surface area contributed by atoms with Crippen LogP contribution in [0.25, 0.3) is 0 Å². The number of H-pyrrole nitrogens is 1. The molecule has 0 unspecified atom stereocenters. The molecular formula is C12H19N3OS. The van der Waals surface area contributed by atoms with Crippen molar-refractivity contribution in [2.75, 3.05) is 25.1 Å². The second kappa shape index (κ2) is 6.12. The monoisotopic (exact) mass is 253 g/mol. The summed E-state index contributed by atoms with van der Waals surface area (Å²) in [5.41, 5.74) is 2.47. The Bertz CT molecular complexity index is 430. The van der Waals surface area contributed by atoms with Crippen molar-refractivity contribution in [2.24, 2.45) is 0 Å². The average Bonchev–Trinajstić information content (AvgIpc) is 2.54. The Morgan fingerprint density at radius 3 is 3.12 bits per heavy atom. The number of rotatable bonds is 4. The Labute approximate surface area is 107 Å². The Kier molecular flexibility index (Phi) is 4.50. The van der Waals surface area contributed by atoms with Crippen LogP contribution in [0.2, 0.25) is 0 Å². The summed E-state index contributed by atoms with van der Waals surface area (Å²) in [5.74, 6) is 0.970. The molecule has 0 amide bonds. The topological polar surface area (TPSA) is 49.9 Å². The number of hydrogen-bond acceptors (Lipinski definition) is 4. The molecule has 5 heteroatoms. The van der Waals surface area contributed by atoms with Crippen LogP contribution in [0.15, 0.2) is 0 Å². The van der Waals surface area contributed by atoms with Crippen LogP contribution in [0, 0.1) is 4.77 Å². The maximum atomic E-state index is 5.40. The molecule has 0 atom stereocenters. The normalized spacial score (nSPS) is 14.9. The van der Waals surface area contributed by atoms with Crippen molar-refractivity contribution in [1.82, 2.24) is 9.97 Å². The van der Waals surface area contributed by atoms with Gasteiger partial charge in [-0.15, -0.1) is 0 Å². The summed E-state index contributed by atoms with van der Waals surface area (Å²) in [6, 6.07) is 0. The average molecular weight is 253 g/mol. The number of aromatic amines is 1. The van der Waals surface area contributed by atoms with Crippen molar-refractivity contribution in [3.05, 3.63) is 16.0 Å². The zero-order chi connectivity index (χ0) is 12.1. The number of nitrogens with one attached hydrogen (secondary N) is 2. The molecule has 2 N–H and O–H groups in total. The lowest BCUT2D eigenvalue weighted by molar-refractivity contribution is 0.150. The standard InChI is InChI=1S/C12H19N3OS/c1-2-16-8-6-10-9-5-3-4-7-13-11(9)15-12(17)14-10/h2-8H2,1H3,(H2,13,14,15,17). The second-order valence-corrected chi connectivity index (χ2v) is 4.57. The lowest BCUT2D eigenvalue weighted by Gasteiger charge is -2.12. The highest BCUT2D eigenvalue weighted by atomic mass is 32.1. The SMILES string of the molecule is CCOCCc1[nH]c(=S)nc2c1CCCCN2. The largest absolute Gasteiger partial charge is 0.381 e. The molecule has 1 aliphatic heterocycles. The second-order valence-electron chi connectivity index (χ2n) is 4.18. The molecule has 0 aromatic carbocycles. The van der Waals surface area contributed by atoms with E-state index in [9.17, 15) is 0 Å². The highest BCUT2D eigenvalue weighted by Gasteiger charge is 2.13. The van der Waals surface area contributed by atoms with E-state index in [-0.39, 0.29) is 0 Å². The summed E-state index contributed by atoms with van der Waals surface area (Å²) in [4.78, 5) is 7.58. The summed E-state index contributed by atoms with van der Waals surface area (Å²) in [6.45, 7) is 4.49. The molecule has 0 saturated heterocycles. The van der Waals surface area contributed by atoms with E-state index in [0.717, 1.165) is 38.4 Å². The third-order valence-electron chi connectivity index (χ3n) is 2.97. The van der Waals surface area contributed by atoms with Crippen molar-refractivity contribution in [3.63, 3.8) is 0 Å². The maximum Gasteiger partial charge on any atom is 0.198 e. The van der Waals surface area contributed by atoms with Gasteiger partial charge in [-0.05, 0) is 38.4 Å². The fourth-order valence-electron chi connectivity index (χ4n) is 2.13. The molecule has 0 fully saturated rings. The Balaban J connectivity index is 2.23. The van der Waals surface area contributed by atoms with Crippen LogP contribution in [-0.4, -0.2) is 29.7 Å². The van der Waals surface area contributed by atoms with E-state index in [1.54, 1.807) is 0 Å². The van der Waals surface area contributed by atoms with Crippen LogP contribution < -0.4 is 5.32 Å². The number of nitrogens with zero attached hydrogens (tertiary/aromatic N) is 1. The molecule has 1 aliphatic rings. The van der Waals surface area contributed by atoms with Gasteiger partial charge in [-0.3, -0.25) is 0 Å². The molecular weight excluding hydrogens is 234 g/mol. The zero-order valence-corrected chi connectivity index (χ0v) is 11.0. The predicted octanol–water partition coefficient (Wildman–Crippen LogP) is 2.47. The predicted molar refractivity (Wildman–Crippen MR) is 71.0 cm³/mol. The molecule has 1 aromatic heterocycles. The van der Waals surface area contributed by atoms with E-state index in [4.69, 9.17) is 17.0 Å². The molecule has 4 nitrogen and oxygen atoms in total. The van der Waals surface area contributed by atoms with Crippen LogP contribution in [0.1, 0.15) is 31.0 Å². The number of hydrogen-bond donors (Lipinski definition) is 2. The summed E-state index contributed by atoms with van der Waals surface area (Å²) in [7, 11) is 0. The first-order valence-corrected chi connectivity index (χ1v) is 6.65. The first-order valence-electron chi connectivity index (χ1n) is 6.25. The maximum absolute atomic E-state index is 5.40. The van der Waals surface area contributed by atoms with Crippen molar-refractivity contribution in [2.45, 2.75) is 32.6 Å². The van der Waals surface area contributed by atoms with Gasteiger partial charge in [0.2, 0.25) is 0 Å². The molecule has 94 valence electrons. The lowest BCUT2D eigenvalue weighted by Crippen LogP contribution is -2.09. The van der Waals surface area contributed by atoms with Crippen LogP contribution in [-0.2, 0) is 17.6 Å². The first kappa shape index (κ1) is 12.5. The molecule has 17 heavy (non-hydrogen) atoms. The minimum Gasteiger partial charge on any atom is -0.381 e. The lowest BCUT2D eigenvalue weighted by atomic mass is 10.1. The highest BCUT2D eigenvalue weighted by Crippen LogP contribution is 2.22. The van der Waals surface area contributed by atoms with Crippen LogP contribution in [0.3, 0.4) is 0 Å². The van der Waals surface area contributed by atoms with E-state index in [0.29, 0.717) is 4.77 Å².